The molecule has 1 heterocycles. The van der Waals surface area contributed by atoms with Gasteiger partial charge in [-0.15, -0.1) is 0 Å². The van der Waals surface area contributed by atoms with Gasteiger partial charge in [-0.25, -0.2) is 0 Å². The Hall–Kier alpha value is -0.300. The lowest BCUT2D eigenvalue weighted by molar-refractivity contribution is 0.145. The summed E-state index contributed by atoms with van der Waals surface area (Å²) in [6, 6.07) is 0. The van der Waals surface area contributed by atoms with Gasteiger partial charge in [0.2, 0.25) is 0 Å². The zero-order chi connectivity index (χ0) is 7.40. The van der Waals surface area contributed by atoms with Crippen LogP contribution >= 0.6 is 0 Å². The molecule has 1 radical (unpaired) electrons. The molecule has 10 heavy (non-hydrogen) atoms. The summed E-state index contributed by atoms with van der Waals surface area (Å²) in [5.74, 6) is 0.407. The second kappa shape index (κ2) is 3.77. The molecular formula is C9H15O. The predicted octanol–water partition coefficient (Wildman–Crippen LogP) is 2.19. The van der Waals surface area contributed by atoms with Gasteiger partial charge in [0.05, 0.1) is 6.10 Å². The fraction of sp³-hybridized carbons (Fsp3) is 0.667. The maximum Gasteiger partial charge on any atom is 0.0756 e. The van der Waals surface area contributed by atoms with Crippen LogP contribution < -0.4 is 0 Å². The lowest BCUT2D eigenvalue weighted by Crippen LogP contribution is -1.99. The average molecular weight is 139 g/mol. The van der Waals surface area contributed by atoms with Crippen molar-refractivity contribution < 1.29 is 4.74 Å². The van der Waals surface area contributed by atoms with Crippen LogP contribution in [0, 0.1) is 12.8 Å². The molecule has 0 aliphatic carbocycles. The quantitative estimate of drug-likeness (QED) is 0.533. The van der Waals surface area contributed by atoms with Gasteiger partial charge in [-0.05, 0) is 25.7 Å². The molecule has 1 heteroatoms. The summed E-state index contributed by atoms with van der Waals surface area (Å²) in [6.45, 7) is 6.86. The molecule has 0 spiro atoms. The molecule has 0 N–H and O–H groups in total. The van der Waals surface area contributed by atoms with Gasteiger partial charge in [-0.1, -0.05) is 19.1 Å². The van der Waals surface area contributed by atoms with Gasteiger partial charge >= 0.3 is 0 Å². The lowest BCUT2D eigenvalue weighted by Gasteiger charge is -2.01. The van der Waals surface area contributed by atoms with Crippen molar-refractivity contribution >= 4 is 0 Å². The van der Waals surface area contributed by atoms with E-state index in [4.69, 9.17) is 4.74 Å². The van der Waals surface area contributed by atoms with Crippen LogP contribution in [0.4, 0.5) is 0 Å². The fourth-order valence-corrected chi connectivity index (χ4v) is 1.07. The Morgan fingerprint density at radius 1 is 1.70 bits per heavy atom. The van der Waals surface area contributed by atoms with Crippen molar-refractivity contribution in [1.29, 1.82) is 0 Å². The molecule has 1 saturated heterocycles. The molecule has 1 aliphatic rings. The fourth-order valence-electron chi connectivity index (χ4n) is 1.07. The van der Waals surface area contributed by atoms with Crippen molar-refractivity contribution in [2.45, 2.75) is 25.9 Å². The zero-order valence-electron chi connectivity index (χ0n) is 6.55. The first-order valence-electron chi connectivity index (χ1n) is 3.92. The molecule has 0 aromatic rings. The third-order valence-corrected chi connectivity index (χ3v) is 1.62. The van der Waals surface area contributed by atoms with E-state index in [1.54, 1.807) is 0 Å². The zero-order valence-corrected chi connectivity index (χ0v) is 6.55. The first kappa shape index (κ1) is 7.80. The number of rotatable bonds is 2. The van der Waals surface area contributed by atoms with Crippen molar-refractivity contribution in [1.82, 2.24) is 0 Å². The molecule has 1 nitrogen and oxygen atoms in total. The molecule has 0 saturated carbocycles. The van der Waals surface area contributed by atoms with Crippen LogP contribution in [-0.2, 0) is 4.74 Å². The van der Waals surface area contributed by atoms with Gasteiger partial charge in [0.1, 0.15) is 0 Å². The highest BCUT2D eigenvalue weighted by molar-refractivity contribution is 4.94. The Kier molecular flexibility index (Phi) is 2.94. The average Bonchev–Trinajstić information content (AvgIpc) is 2.34. The van der Waals surface area contributed by atoms with E-state index in [2.05, 4.69) is 26.0 Å². The van der Waals surface area contributed by atoms with Crippen molar-refractivity contribution in [2.24, 2.45) is 5.92 Å². The summed E-state index contributed by atoms with van der Waals surface area (Å²) in [5, 5.41) is 0. The van der Waals surface area contributed by atoms with E-state index >= 15 is 0 Å². The van der Waals surface area contributed by atoms with Gasteiger partial charge in [-0.2, -0.15) is 0 Å². The molecule has 1 rings (SSSR count). The van der Waals surface area contributed by atoms with E-state index in [-0.39, 0.29) is 0 Å². The summed E-state index contributed by atoms with van der Waals surface area (Å²) in [7, 11) is 0. The minimum absolute atomic E-state index is 0.379. The van der Waals surface area contributed by atoms with Crippen LogP contribution in [0.3, 0.4) is 0 Å². The molecule has 0 aromatic heterocycles. The van der Waals surface area contributed by atoms with Gasteiger partial charge in [0, 0.05) is 6.61 Å². The second-order valence-corrected chi connectivity index (χ2v) is 2.91. The van der Waals surface area contributed by atoms with Crippen LogP contribution in [0.1, 0.15) is 19.8 Å². The van der Waals surface area contributed by atoms with Crippen LogP contribution in [0.5, 0.6) is 0 Å². The molecule has 2 atom stereocenters. The standard InChI is InChI=1S/C9H15O/c1-8(2)5-6-9-4-3-7-10-9/h5-6,8-9H,1,3-4,7H2,2H3. The lowest BCUT2D eigenvalue weighted by atomic mass is 10.1. The van der Waals surface area contributed by atoms with E-state index in [1.807, 2.05) is 0 Å². The highest BCUT2D eigenvalue weighted by Crippen LogP contribution is 2.13. The molecule has 1 aliphatic heterocycles. The highest BCUT2D eigenvalue weighted by Gasteiger charge is 2.10. The van der Waals surface area contributed by atoms with Crippen molar-refractivity contribution in [3.05, 3.63) is 19.1 Å². The summed E-state index contributed by atoms with van der Waals surface area (Å²) in [6.07, 6.45) is 7.01. The maximum absolute atomic E-state index is 5.39. The summed E-state index contributed by atoms with van der Waals surface area (Å²) in [5.41, 5.74) is 0. The Bertz CT molecular complexity index is 110. The van der Waals surface area contributed by atoms with E-state index in [0.717, 1.165) is 6.61 Å². The molecule has 0 amide bonds. The van der Waals surface area contributed by atoms with Gasteiger partial charge in [0.15, 0.2) is 0 Å². The summed E-state index contributed by atoms with van der Waals surface area (Å²) >= 11 is 0. The molecule has 2 unspecified atom stereocenters. The van der Waals surface area contributed by atoms with Crippen LogP contribution in [0.2, 0.25) is 0 Å². The van der Waals surface area contributed by atoms with Crippen molar-refractivity contribution in [2.75, 3.05) is 6.61 Å². The van der Waals surface area contributed by atoms with Crippen LogP contribution in [0.25, 0.3) is 0 Å². The van der Waals surface area contributed by atoms with Gasteiger partial charge in [0.25, 0.3) is 0 Å². The first-order valence-corrected chi connectivity index (χ1v) is 3.92. The number of hydrogen-bond acceptors (Lipinski definition) is 1. The van der Waals surface area contributed by atoms with Crippen molar-refractivity contribution in [3.8, 4) is 0 Å². The topological polar surface area (TPSA) is 9.23 Å². The first-order chi connectivity index (χ1) is 4.79. The number of hydrogen-bond donors (Lipinski definition) is 0. The van der Waals surface area contributed by atoms with Gasteiger partial charge in [-0.3, -0.25) is 0 Å². The Morgan fingerprint density at radius 3 is 3.00 bits per heavy atom. The second-order valence-electron chi connectivity index (χ2n) is 2.91. The molecule has 0 aromatic carbocycles. The Labute approximate surface area is 63.1 Å². The Morgan fingerprint density at radius 2 is 2.50 bits per heavy atom. The molecular weight excluding hydrogens is 124 g/mol. The summed E-state index contributed by atoms with van der Waals surface area (Å²) in [4.78, 5) is 0. The van der Waals surface area contributed by atoms with Crippen LogP contribution in [-0.4, -0.2) is 12.7 Å². The largest absolute Gasteiger partial charge is 0.374 e. The van der Waals surface area contributed by atoms with E-state index in [0.29, 0.717) is 12.0 Å². The molecule has 0 bridgehead atoms. The van der Waals surface area contributed by atoms with E-state index in [1.165, 1.54) is 12.8 Å². The van der Waals surface area contributed by atoms with Gasteiger partial charge < -0.3 is 4.74 Å². The minimum Gasteiger partial charge on any atom is -0.374 e. The normalized spacial score (nSPS) is 26.9. The highest BCUT2D eigenvalue weighted by atomic mass is 16.5. The number of ether oxygens (including phenoxy) is 1. The maximum atomic E-state index is 5.39. The van der Waals surface area contributed by atoms with Crippen LogP contribution in [0.15, 0.2) is 12.2 Å². The third-order valence-electron chi connectivity index (χ3n) is 1.62. The smallest absolute Gasteiger partial charge is 0.0756 e. The number of allylic oxidation sites excluding steroid dienone is 1. The third kappa shape index (κ3) is 2.53. The molecule has 1 fully saturated rings. The Balaban J connectivity index is 2.23. The van der Waals surface area contributed by atoms with Crippen molar-refractivity contribution in [3.63, 3.8) is 0 Å². The summed E-state index contributed by atoms with van der Waals surface area (Å²) < 4.78 is 5.39. The monoisotopic (exact) mass is 139 g/mol. The predicted molar refractivity (Wildman–Crippen MR) is 42.6 cm³/mol. The SMILES string of the molecule is [CH2]C(C)C=CC1CCCO1. The van der Waals surface area contributed by atoms with E-state index < -0.39 is 0 Å². The molecule has 57 valence electrons. The van der Waals surface area contributed by atoms with E-state index in [9.17, 15) is 0 Å². The minimum atomic E-state index is 0.379.